The summed E-state index contributed by atoms with van der Waals surface area (Å²) in [6.45, 7) is 5.92. The summed E-state index contributed by atoms with van der Waals surface area (Å²) in [4.78, 5) is 21.1. The molecule has 0 spiro atoms. The average Bonchev–Trinajstić information content (AvgIpc) is 3.16. The minimum absolute atomic E-state index is 0.0378. The van der Waals surface area contributed by atoms with E-state index in [1.54, 1.807) is 0 Å². The van der Waals surface area contributed by atoms with Crippen LogP contribution in [-0.4, -0.2) is 58.1 Å². The fraction of sp³-hybridized carbons (Fsp3) is 0.800. The summed E-state index contributed by atoms with van der Waals surface area (Å²) < 4.78 is 5.13. The van der Waals surface area contributed by atoms with Gasteiger partial charge in [-0.15, -0.1) is 0 Å². The Balaban J connectivity index is 1.48. The highest BCUT2D eigenvalue weighted by molar-refractivity contribution is 5.80. The van der Waals surface area contributed by atoms with Gasteiger partial charge in [0, 0.05) is 38.6 Å². The van der Waals surface area contributed by atoms with Crippen LogP contribution in [0.4, 0.5) is 0 Å². The summed E-state index contributed by atoms with van der Waals surface area (Å²) in [5.41, 5.74) is 6.05. The first-order chi connectivity index (χ1) is 10.7. The predicted molar refractivity (Wildman–Crippen MR) is 80.8 cm³/mol. The second kappa shape index (κ2) is 6.75. The van der Waals surface area contributed by atoms with E-state index in [1.807, 2.05) is 11.8 Å². The molecule has 1 amide bonds. The van der Waals surface area contributed by atoms with E-state index in [2.05, 4.69) is 15.0 Å². The molecular formula is C15H25N5O2. The molecule has 1 aliphatic heterocycles. The van der Waals surface area contributed by atoms with Gasteiger partial charge in [-0.2, -0.15) is 4.98 Å². The van der Waals surface area contributed by atoms with Crippen molar-refractivity contribution >= 4 is 5.91 Å². The van der Waals surface area contributed by atoms with E-state index >= 15 is 0 Å². The maximum Gasteiger partial charge on any atom is 0.227 e. The first kappa shape index (κ1) is 15.4. The number of carbonyl (C=O) groups is 1. The molecule has 1 saturated carbocycles. The molecule has 2 aliphatic rings. The summed E-state index contributed by atoms with van der Waals surface area (Å²) in [5.74, 6) is 1.70. The van der Waals surface area contributed by atoms with E-state index < -0.39 is 0 Å². The molecule has 2 heterocycles. The Morgan fingerprint density at radius 2 is 2.09 bits per heavy atom. The number of nitrogens with zero attached hydrogens (tertiary/aromatic N) is 4. The smallest absolute Gasteiger partial charge is 0.227 e. The highest BCUT2D eigenvalue weighted by Crippen LogP contribution is 2.26. The molecule has 1 aromatic heterocycles. The first-order valence-electron chi connectivity index (χ1n) is 8.25. The minimum Gasteiger partial charge on any atom is -0.340 e. The van der Waals surface area contributed by atoms with Gasteiger partial charge in [-0.05, 0) is 12.8 Å². The van der Waals surface area contributed by atoms with Crippen LogP contribution in [0.3, 0.4) is 0 Å². The van der Waals surface area contributed by atoms with Crippen molar-refractivity contribution in [3.05, 3.63) is 11.7 Å². The lowest BCUT2D eigenvalue weighted by Crippen LogP contribution is -2.51. The highest BCUT2D eigenvalue weighted by Gasteiger charge is 2.34. The fourth-order valence-electron chi connectivity index (χ4n) is 3.35. The number of rotatable bonds is 4. The first-order valence-corrected chi connectivity index (χ1v) is 8.25. The average molecular weight is 307 g/mol. The number of aromatic nitrogens is 2. The number of carbonyl (C=O) groups excluding carboxylic acids is 1. The van der Waals surface area contributed by atoms with E-state index in [0.29, 0.717) is 12.4 Å². The molecule has 1 saturated heterocycles. The van der Waals surface area contributed by atoms with Crippen molar-refractivity contribution in [1.29, 1.82) is 0 Å². The van der Waals surface area contributed by atoms with Crippen LogP contribution in [0.25, 0.3) is 0 Å². The van der Waals surface area contributed by atoms with E-state index in [9.17, 15) is 4.79 Å². The van der Waals surface area contributed by atoms with Crippen LogP contribution in [-0.2, 0) is 17.8 Å². The Morgan fingerprint density at radius 3 is 2.68 bits per heavy atom. The molecule has 7 nitrogen and oxygen atoms in total. The van der Waals surface area contributed by atoms with E-state index in [4.69, 9.17) is 10.3 Å². The highest BCUT2D eigenvalue weighted by atomic mass is 16.5. The van der Waals surface area contributed by atoms with Crippen LogP contribution in [0.1, 0.15) is 37.9 Å². The van der Waals surface area contributed by atoms with Crippen LogP contribution in [0, 0.1) is 5.92 Å². The molecule has 2 atom stereocenters. The van der Waals surface area contributed by atoms with Crippen molar-refractivity contribution in [1.82, 2.24) is 19.9 Å². The fourth-order valence-corrected chi connectivity index (χ4v) is 3.35. The van der Waals surface area contributed by atoms with E-state index in [1.165, 1.54) is 0 Å². The quantitative estimate of drug-likeness (QED) is 0.866. The molecule has 7 heteroatoms. The molecule has 1 aliphatic carbocycles. The third-order valence-corrected chi connectivity index (χ3v) is 4.75. The summed E-state index contributed by atoms with van der Waals surface area (Å²) in [7, 11) is 0. The largest absolute Gasteiger partial charge is 0.340 e. The lowest BCUT2D eigenvalue weighted by atomic mass is 10.0. The maximum atomic E-state index is 12.5. The summed E-state index contributed by atoms with van der Waals surface area (Å²) in [5, 5.41) is 3.98. The van der Waals surface area contributed by atoms with Gasteiger partial charge in [0.15, 0.2) is 5.82 Å². The molecule has 1 aromatic rings. The number of hydrogen-bond acceptors (Lipinski definition) is 6. The monoisotopic (exact) mass is 307 g/mol. The van der Waals surface area contributed by atoms with Crippen molar-refractivity contribution in [2.24, 2.45) is 11.7 Å². The molecule has 0 radical (unpaired) electrons. The van der Waals surface area contributed by atoms with Crippen LogP contribution >= 0.6 is 0 Å². The van der Waals surface area contributed by atoms with Gasteiger partial charge in [-0.3, -0.25) is 9.69 Å². The SMILES string of the molecule is CCc1nc(CN2CCN(C(=O)[C@H]3CCC[C@H]3N)CC2)no1. The van der Waals surface area contributed by atoms with Gasteiger partial charge in [-0.1, -0.05) is 18.5 Å². The normalized spacial score (nSPS) is 26.5. The molecule has 0 unspecified atom stereocenters. The van der Waals surface area contributed by atoms with Crippen molar-refractivity contribution in [3.8, 4) is 0 Å². The number of amides is 1. The van der Waals surface area contributed by atoms with Crippen LogP contribution in [0.2, 0.25) is 0 Å². The molecule has 122 valence electrons. The van der Waals surface area contributed by atoms with Crippen molar-refractivity contribution in [2.45, 2.75) is 45.2 Å². The standard InChI is InChI=1S/C15H25N5O2/c1-2-14-17-13(18-22-14)10-19-6-8-20(9-7-19)15(21)11-4-3-5-12(11)16/h11-12H,2-10,16H2,1H3/t11-,12+/m0/s1. The Bertz CT molecular complexity index is 510. The molecule has 3 rings (SSSR count). The zero-order valence-corrected chi connectivity index (χ0v) is 13.2. The van der Waals surface area contributed by atoms with Gasteiger partial charge in [0.05, 0.1) is 12.5 Å². The van der Waals surface area contributed by atoms with Gasteiger partial charge in [0.2, 0.25) is 11.8 Å². The van der Waals surface area contributed by atoms with Crippen molar-refractivity contribution < 1.29 is 9.32 Å². The minimum atomic E-state index is 0.0378. The maximum absolute atomic E-state index is 12.5. The van der Waals surface area contributed by atoms with Gasteiger partial charge in [-0.25, -0.2) is 0 Å². The zero-order chi connectivity index (χ0) is 15.5. The molecule has 2 fully saturated rings. The van der Waals surface area contributed by atoms with Crippen LogP contribution in [0.5, 0.6) is 0 Å². The predicted octanol–water partition coefficient (Wildman–Crippen LogP) is 0.404. The molecule has 2 N–H and O–H groups in total. The van der Waals surface area contributed by atoms with Gasteiger partial charge in [0.1, 0.15) is 0 Å². The third-order valence-electron chi connectivity index (χ3n) is 4.75. The van der Waals surface area contributed by atoms with Gasteiger partial charge >= 0.3 is 0 Å². The van der Waals surface area contributed by atoms with Gasteiger partial charge in [0.25, 0.3) is 0 Å². The summed E-state index contributed by atoms with van der Waals surface area (Å²) in [6.07, 6.45) is 3.77. The third kappa shape index (κ3) is 3.30. The summed E-state index contributed by atoms with van der Waals surface area (Å²) >= 11 is 0. The Morgan fingerprint density at radius 1 is 1.32 bits per heavy atom. The Kier molecular flexibility index (Phi) is 4.73. The number of hydrogen-bond donors (Lipinski definition) is 1. The topological polar surface area (TPSA) is 88.5 Å². The van der Waals surface area contributed by atoms with Crippen LogP contribution in [0.15, 0.2) is 4.52 Å². The van der Waals surface area contributed by atoms with E-state index in [0.717, 1.165) is 57.7 Å². The number of nitrogens with two attached hydrogens (primary N) is 1. The zero-order valence-electron chi connectivity index (χ0n) is 13.2. The molecule has 22 heavy (non-hydrogen) atoms. The number of piperazine rings is 1. The summed E-state index contributed by atoms with van der Waals surface area (Å²) in [6, 6.07) is 0.0531. The Hall–Kier alpha value is -1.47. The van der Waals surface area contributed by atoms with Gasteiger partial charge < -0.3 is 15.2 Å². The van der Waals surface area contributed by atoms with Crippen LogP contribution < -0.4 is 5.73 Å². The van der Waals surface area contributed by atoms with Crippen molar-refractivity contribution in [3.63, 3.8) is 0 Å². The number of aryl methyl sites for hydroxylation is 1. The second-order valence-corrected chi connectivity index (χ2v) is 6.26. The van der Waals surface area contributed by atoms with E-state index in [-0.39, 0.29) is 17.9 Å². The van der Waals surface area contributed by atoms with Crippen molar-refractivity contribution in [2.75, 3.05) is 26.2 Å². The molecular weight excluding hydrogens is 282 g/mol. The lowest BCUT2D eigenvalue weighted by Gasteiger charge is -2.36. The Labute approximate surface area is 130 Å². The molecule has 0 bridgehead atoms. The molecule has 0 aromatic carbocycles. The lowest BCUT2D eigenvalue weighted by molar-refractivity contribution is -0.137. The second-order valence-electron chi connectivity index (χ2n) is 6.26.